The van der Waals surface area contributed by atoms with Crippen LogP contribution in [0.25, 0.3) is 0 Å². The van der Waals surface area contributed by atoms with Crippen LogP contribution in [0.2, 0.25) is 0 Å². The summed E-state index contributed by atoms with van der Waals surface area (Å²) in [6.45, 7) is 21.4. The van der Waals surface area contributed by atoms with Gasteiger partial charge in [-0.05, 0) is 97.2 Å². The van der Waals surface area contributed by atoms with E-state index in [0.29, 0.717) is 23.7 Å². The molecular formula is C32H50O2. The monoisotopic (exact) mass is 466 g/mol. The number of hydrogen-bond donors (Lipinski definition) is 1. The van der Waals surface area contributed by atoms with Crippen molar-refractivity contribution in [3.05, 3.63) is 23.3 Å². The van der Waals surface area contributed by atoms with Crippen LogP contribution in [0, 0.1) is 56.7 Å². The van der Waals surface area contributed by atoms with Gasteiger partial charge < -0.3 is 5.11 Å². The average Bonchev–Trinajstić information content (AvgIpc) is 2.74. The maximum atomic E-state index is 12.6. The highest BCUT2D eigenvalue weighted by Gasteiger charge is 2.68. The minimum atomic E-state index is -0.452. The van der Waals surface area contributed by atoms with Crippen LogP contribution in [0.15, 0.2) is 23.3 Å². The number of aliphatic hydroxyl groups excluding tert-OH is 1. The van der Waals surface area contributed by atoms with Crippen molar-refractivity contribution in [3.63, 3.8) is 0 Å². The van der Waals surface area contributed by atoms with Crippen molar-refractivity contribution in [2.24, 2.45) is 56.7 Å². The number of carbonyl (C=O) groups is 1. The number of carbonyl (C=O) groups excluding carboxylic acids is 1. The topological polar surface area (TPSA) is 37.3 Å². The van der Waals surface area contributed by atoms with E-state index >= 15 is 0 Å². The normalized spacial score (nSPS) is 53.9. The maximum Gasteiger partial charge on any atom is 0.133 e. The van der Waals surface area contributed by atoms with Crippen LogP contribution in [-0.2, 0) is 4.79 Å². The number of fused-ring (bicyclic) bond motifs is 7. The predicted molar refractivity (Wildman–Crippen MR) is 140 cm³/mol. The molecule has 190 valence electrons. The third kappa shape index (κ3) is 2.81. The van der Waals surface area contributed by atoms with Crippen molar-refractivity contribution in [2.75, 3.05) is 0 Å². The fourth-order valence-electron chi connectivity index (χ4n) is 10.8. The van der Waals surface area contributed by atoms with E-state index in [9.17, 15) is 9.90 Å². The molecule has 4 fully saturated rings. The lowest BCUT2D eigenvalue weighted by molar-refractivity contribution is -0.164. The Balaban J connectivity index is 1.65. The van der Waals surface area contributed by atoms with E-state index in [4.69, 9.17) is 0 Å². The van der Waals surface area contributed by atoms with Crippen LogP contribution in [0.4, 0.5) is 0 Å². The highest BCUT2D eigenvalue weighted by atomic mass is 16.3. The van der Waals surface area contributed by atoms with Gasteiger partial charge in [-0.2, -0.15) is 0 Å². The molecule has 5 aliphatic rings. The van der Waals surface area contributed by atoms with Gasteiger partial charge >= 0.3 is 0 Å². The van der Waals surface area contributed by atoms with Gasteiger partial charge in [0.05, 0.1) is 6.10 Å². The zero-order valence-corrected chi connectivity index (χ0v) is 23.4. The number of rotatable bonds is 1. The molecule has 0 aromatic heterocycles. The largest absolute Gasteiger partial charge is 0.392 e. The first-order chi connectivity index (χ1) is 15.6. The molecular weight excluding hydrogens is 416 g/mol. The molecule has 0 amide bonds. The molecule has 5 aliphatic carbocycles. The molecule has 4 saturated carbocycles. The first-order valence-electron chi connectivity index (χ1n) is 14.3. The van der Waals surface area contributed by atoms with Crippen molar-refractivity contribution in [2.45, 2.75) is 113 Å². The predicted octanol–water partition coefficient (Wildman–Crippen LogP) is 7.76. The Labute approximate surface area is 209 Å². The van der Waals surface area contributed by atoms with Crippen molar-refractivity contribution in [3.8, 4) is 0 Å². The van der Waals surface area contributed by atoms with Gasteiger partial charge in [-0.15, -0.1) is 0 Å². The summed E-state index contributed by atoms with van der Waals surface area (Å²) in [7, 11) is 0. The molecule has 0 heterocycles. The van der Waals surface area contributed by atoms with Crippen LogP contribution in [0.3, 0.4) is 0 Å². The van der Waals surface area contributed by atoms with E-state index in [1.807, 2.05) is 0 Å². The number of Topliss-reactive ketones (excluding diaryl/α,β-unsaturated/α-hetero) is 1. The second-order valence-corrected chi connectivity index (χ2v) is 15.0. The van der Waals surface area contributed by atoms with Crippen LogP contribution in [0.5, 0.6) is 0 Å². The van der Waals surface area contributed by atoms with Crippen molar-refractivity contribution in [1.29, 1.82) is 0 Å². The molecule has 2 nitrogen and oxygen atoms in total. The third-order valence-electron chi connectivity index (χ3n) is 13.4. The van der Waals surface area contributed by atoms with Gasteiger partial charge in [0.25, 0.3) is 0 Å². The average molecular weight is 467 g/mol. The van der Waals surface area contributed by atoms with Crippen LogP contribution < -0.4 is 0 Å². The summed E-state index contributed by atoms with van der Waals surface area (Å²) in [6.07, 6.45) is 12.8. The summed E-state index contributed by atoms with van der Waals surface area (Å²) in [5.41, 5.74) is 3.52. The van der Waals surface area contributed by atoms with E-state index in [-0.39, 0.29) is 33.4 Å². The molecule has 34 heavy (non-hydrogen) atoms. The van der Waals surface area contributed by atoms with Crippen LogP contribution >= 0.6 is 0 Å². The molecule has 0 aromatic rings. The molecule has 0 aliphatic heterocycles. The van der Waals surface area contributed by atoms with E-state index in [2.05, 4.69) is 67.5 Å². The lowest BCUT2D eigenvalue weighted by Crippen LogP contribution is -2.64. The Morgan fingerprint density at radius 3 is 2.24 bits per heavy atom. The Morgan fingerprint density at radius 2 is 1.59 bits per heavy atom. The fourth-order valence-corrected chi connectivity index (χ4v) is 10.8. The molecule has 0 spiro atoms. The summed E-state index contributed by atoms with van der Waals surface area (Å²) in [5.74, 6) is 2.72. The Bertz CT molecular complexity index is 956. The Hall–Kier alpha value is -0.890. The first-order valence-corrected chi connectivity index (χ1v) is 14.3. The van der Waals surface area contributed by atoms with Crippen LogP contribution in [0.1, 0.15) is 107 Å². The summed E-state index contributed by atoms with van der Waals surface area (Å²) in [6, 6.07) is 0. The number of ketones is 1. The fraction of sp³-hybridized carbons (Fsp3) is 0.844. The molecule has 1 N–H and O–H groups in total. The van der Waals surface area contributed by atoms with Crippen molar-refractivity contribution in [1.82, 2.24) is 0 Å². The highest BCUT2D eigenvalue weighted by molar-refractivity contribution is 5.79. The second kappa shape index (κ2) is 7.33. The smallest absolute Gasteiger partial charge is 0.133 e. The minimum absolute atomic E-state index is 0.0456. The zero-order chi connectivity index (χ0) is 25.1. The lowest BCUT2D eigenvalue weighted by Gasteiger charge is -2.69. The quantitative estimate of drug-likeness (QED) is 0.429. The SMILES string of the molecule is CC(=O)[C@H]1C[C@@H](O)[C@]2(C)C3=CC=C4[C@@H]5[C@@H](C)[C@H](C)CC[C@]5(C)CC[C@@]4(C)[C@]3(C)CC[C@H]2C1(C)C. The zero-order valence-electron chi connectivity index (χ0n) is 23.4. The molecule has 2 heteroatoms. The molecule has 10 atom stereocenters. The van der Waals surface area contributed by atoms with E-state index in [1.165, 1.54) is 37.7 Å². The van der Waals surface area contributed by atoms with Gasteiger partial charge in [0, 0.05) is 11.3 Å². The molecule has 0 aromatic carbocycles. The summed E-state index contributed by atoms with van der Waals surface area (Å²) >= 11 is 0. The summed E-state index contributed by atoms with van der Waals surface area (Å²) < 4.78 is 0. The number of allylic oxidation sites excluding steroid dienone is 3. The Morgan fingerprint density at radius 1 is 0.912 bits per heavy atom. The van der Waals surface area contributed by atoms with E-state index in [1.54, 1.807) is 12.5 Å². The van der Waals surface area contributed by atoms with Gasteiger partial charge in [0.15, 0.2) is 0 Å². The third-order valence-corrected chi connectivity index (χ3v) is 13.4. The summed E-state index contributed by atoms with van der Waals surface area (Å²) in [4.78, 5) is 12.6. The highest BCUT2D eigenvalue weighted by Crippen LogP contribution is 2.74. The number of hydrogen-bond acceptors (Lipinski definition) is 2. The minimum Gasteiger partial charge on any atom is -0.392 e. The van der Waals surface area contributed by atoms with E-state index in [0.717, 1.165) is 18.3 Å². The molecule has 0 unspecified atom stereocenters. The van der Waals surface area contributed by atoms with Crippen molar-refractivity contribution >= 4 is 5.78 Å². The van der Waals surface area contributed by atoms with E-state index < -0.39 is 6.10 Å². The lowest BCUT2D eigenvalue weighted by atomic mass is 9.35. The maximum absolute atomic E-state index is 12.6. The molecule has 5 rings (SSSR count). The first kappa shape index (κ1) is 24.8. The van der Waals surface area contributed by atoms with Gasteiger partial charge in [-0.1, -0.05) is 78.7 Å². The van der Waals surface area contributed by atoms with Gasteiger partial charge in [-0.3, -0.25) is 4.79 Å². The van der Waals surface area contributed by atoms with Gasteiger partial charge in [-0.25, -0.2) is 0 Å². The Kier molecular flexibility index (Phi) is 5.34. The number of aliphatic hydroxyl groups is 1. The summed E-state index contributed by atoms with van der Waals surface area (Å²) in [5, 5.41) is 11.7. The van der Waals surface area contributed by atoms with Crippen LogP contribution in [-0.4, -0.2) is 17.0 Å². The van der Waals surface area contributed by atoms with Gasteiger partial charge in [0.1, 0.15) is 5.78 Å². The molecule has 0 radical (unpaired) electrons. The molecule has 0 bridgehead atoms. The standard InChI is InChI=1S/C32H50O2/c1-19-12-14-29(6)16-17-30(7)22(27(29)20(19)2)10-11-25-31(30,8)15-13-24-28(4,5)23(21(3)33)18-26(34)32(24,25)9/h10-11,19-20,23-24,26-27,34H,12-18H2,1-9H3/t19-,20+,23-,24+,26-,27+,29-,30-,31-,32+/m1/s1. The second-order valence-electron chi connectivity index (χ2n) is 15.0. The molecule has 0 saturated heterocycles. The van der Waals surface area contributed by atoms with Gasteiger partial charge in [0.2, 0.25) is 0 Å². The van der Waals surface area contributed by atoms with Crippen molar-refractivity contribution < 1.29 is 9.90 Å².